The highest BCUT2D eigenvalue weighted by molar-refractivity contribution is 6.29. The Morgan fingerprint density at radius 3 is 2.05 bits per heavy atom. The summed E-state index contributed by atoms with van der Waals surface area (Å²) >= 11 is 11.8. The maximum absolute atomic E-state index is 12.0. The zero-order valence-corrected chi connectivity index (χ0v) is 13.6. The van der Waals surface area contributed by atoms with E-state index in [-0.39, 0.29) is 28.4 Å². The topological polar surface area (TPSA) is 77.9 Å². The van der Waals surface area contributed by atoms with Gasteiger partial charge in [-0.15, -0.1) is 0 Å². The van der Waals surface area contributed by atoms with E-state index in [2.05, 4.69) is 19.9 Å². The van der Waals surface area contributed by atoms with Crippen LogP contribution in [-0.2, 0) is 15.1 Å². The third kappa shape index (κ3) is 3.69. The Labute approximate surface area is 137 Å². The minimum absolute atomic E-state index is 0.187. The molecule has 0 aliphatic carbocycles. The molecule has 0 N–H and O–H groups in total. The van der Waals surface area contributed by atoms with Crippen molar-refractivity contribution in [1.29, 1.82) is 0 Å². The monoisotopic (exact) mass is 340 g/mol. The summed E-state index contributed by atoms with van der Waals surface area (Å²) in [6.45, 7) is 3.49. The van der Waals surface area contributed by atoms with Gasteiger partial charge in [-0.05, 0) is 25.5 Å². The Bertz CT molecular complexity index is 636. The van der Waals surface area contributed by atoms with Crippen LogP contribution in [0.4, 0.5) is 0 Å². The molecule has 0 unspecified atom stereocenters. The number of carbonyl (C=O) groups is 1. The Hall–Kier alpha value is -1.79. The van der Waals surface area contributed by atoms with Gasteiger partial charge in [-0.3, -0.25) is 4.79 Å². The maximum atomic E-state index is 12.0. The van der Waals surface area contributed by atoms with Gasteiger partial charge in [0.1, 0.15) is 10.3 Å². The van der Waals surface area contributed by atoms with Crippen LogP contribution in [-0.4, -0.2) is 25.9 Å². The summed E-state index contributed by atoms with van der Waals surface area (Å²) in [4.78, 5) is 28.5. The maximum Gasteiger partial charge on any atom is 0.307 e. The molecule has 0 radical (unpaired) electrons. The first-order valence-corrected chi connectivity index (χ1v) is 7.41. The van der Waals surface area contributed by atoms with E-state index in [4.69, 9.17) is 27.9 Å². The summed E-state index contributed by atoms with van der Waals surface area (Å²) in [5.41, 5.74) is -1.37. The SMILES string of the molecule is CCCC(=O)OC(C)(c1nccc(Cl)n1)c1nccc(Cl)n1. The fraction of sp³-hybridized carbons (Fsp3) is 0.357. The quantitative estimate of drug-likeness (QED) is 0.614. The first kappa shape index (κ1) is 16.6. The summed E-state index contributed by atoms with van der Waals surface area (Å²) in [5, 5.41) is 0.453. The first-order valence-electron chi connectivity index (χ1n) is 6.65. The molecule has 0 amide bonds. The Balaban J connectivity index is 2.51. The Morgan fingerprint density at radius 2 is 1.64 bits per heavy atom. The molecule has 2 aromatic rings. The Kier molecular flexibility index (Phi) is 5.26. The van der Waals surface area contributed by atoms with Gasteiger partial charge in [0.25, 0.3) is 0 Å². The van der Waals surface area contributed by atoms with Crippen LogP contribution in [0.3, 0.4) is 0 Å². The highest BCUT2D eigenvalue weighted by atomic mass is 35.5. The van der Waals surface area contributed by atoms with E-state index in [9.17, 15) is 4.79 Å². The van der Waals surface area contributed by atoms with Crippen molar-refractivity contribution in [1.82, 2.24) is 19.9 Å². The lowest BCUT2D eigenvalue weighted by Crippen LogP contribution is -2.34. The van der Waals surface area contributed by atoms with Gasteiger partial charge in [-0.2, -0.15) is 0 Å². The molecule has 2 aromatic heterocycles. The molecule has 0 atom stereocenters. The third-order valence-corrected chi connectivity index (χ3v) is 3.29. The van der Waals surface area contributed by atoms with Gasteiger partial charge < -0.3 is 4.74 Å². The van der Waals surface area contributed by atoms with E-state index in [0.29, 0.717) is 6.42 Å². The van der Waals surface area contributed by atoms with Gasteiger partial charge in [0.15, 0.2) is 11.6 Å². The highest BCUT2D eigenvalue weighted by Crippen LogP contribution is 2.30. The number of nitrogens with zero attached hydrogens (tertiary/aromatic N) is 4. The lowest BCUT2D eigenvalue weighted by Gasteiger charge is -2.26. The normalized spacial score (nSPS) is 11.3. The number of hydrogen-bond acceptors (Lipinski definition) is 6. The average molecular weight is 341 g/mol. The third-order valence-electron chi connectivity index (χ3n) is 2.87. The van der Waals surface area contributed by atoms with Crippen molar-refractivity contribution in [2.24, 2.45) is 0 Å². The van der Waals surface area contributed by atoms with E-state index >= 15 is 0 Å². The van der Waals surface area contributed by atoms with E-state index < -0.39 is 11.6 Å². The molecular weight excluding hydrogens is 327 g/mol. The van der Waals surface area contributed by atoms with Crippen LogP contribution in [0.1, 0.15) is 38.3 Å². The van der Waals surface area contributed by atoms with Gasteiger partial charge in [-0.1, -0.05) is 30.1 Å². The zero-order valence-electron chi connectivity index (χ0n) is 12.1. The van der Waals surface area contributed by atoms with Crippen LogP contribution in [0.5, 0.6) is 0 Å². The fourth-order valence-corrected chi connectivity index (χ4v) is 2.08. The number of ether oxygens (including phenoxy) is 1. The van der Waals surface area contributed by atoms with Gasteiger partial charge >= 0.3 is 5.97 Å². The van der Waals surface area contributed by atoms with Gasteiger partial charge in [-0.25, -0.2) is 19.9 Å². The van der Waals surface area contributed by atoms with E-state index in [1.165, 1.54) is 24.5 Å². The summed E-state index contributed by atoms with van der Waals surface area (Å²) in [6.07, 6.45) is 3.86. The molecule has 0 aliphatic rings. The largest absolute Gasteiger partial charge is 0.443 e. The molecule has 2 rings (SSSR count). The molecule has 0 saturated heterocycles. The number of rotatable bonds is 5. The van der Waals surface area contributed by atoms with Crippen LogP contribution in [0.2, 0.25) is 10.3 Å². The van der Waals surface area contributed by atoms with Crippen LogP contribution in [0.25, 0.3) is 0 Å². The molecule has 2 heterocycles. The summed E-state index contributed by atoms with van der Waals surface area (Å²) < 4.78 is 5.55. The predicted octanol–water partition coefficient (Wildman–Crippen LogP) is 3.18. The van der Waals surface area contributed by atoms with Crippen LogP contribution in [0.15, 0.2) is 24.5 Å². The molecule has 22 heavy (non-hydrogen) atoms. The average Bonchev–Trinajstić information content (AvgIpc) is 2.47. The van der Waals surface area contributed by atoms with Crippen molar-refractivity contribution in [2.75, 3.05) is 0 Å². The fourth-order valence-electron chi connectivity index (χ4n) is 1.81. The molecule has 0 aliphatic heterocycles. The van der Waals surface area contributed by atoms with Crippen molar-refractivity contribution in [2.45, 2.75) is 32.3 Å². The van der Waals surface area contributed by atoms with Crippen LogP contribution in [0, 0.1) is 0 Å². The van der Waals surface area contributed by atoms with Crippen molar-refractivity contribution < 1.29 is 9.53 Å². The minimum atomic E-state index is -1.37. The van der Waals surface area contributed by atoms with E-state index in [0.717, 1.165) is 0 Å². The molecule has 6 nitrogen and oxygen atoms in total. The summed E-state index contributed by atoms with van der Waals surface area (Å²) in [5.74, 6) is -0.0319. The zero-order chi connectivity index (χ0) is 16.2. The molecule has 0 aromatic carbocycles. The molecule has 116 valence electrons. The molecular formula is C14H14Cl2N4O2. The molecule has 0 bridgehead atoms. The van der Waals surface area contributed by atoms with Gasteiger partial charge in [0, 0.05) is 18.8 Å². The van der Waals surface area contributed by atoms with Gasteiger partial charge in [0.2, 0.25) is 5.60 Å². The predicted molar refractivity (Wildman–Crippen MR) is 81.5 cm³/mol. The second-order valence-corrected chi connectivity index (χ2v) is 5.44. The number of hydrogen-bond donors (Lipinski definition) is 0. The lowest BCUT2D eigenvalue weighted by atomic mass is 10.0. The van der Waals surface area contributed by atoms with Crippen LogP contribution >= 0.6 is 23.2 Å². The summed E-state index contributed by atoms with van der Waals surface area (Å²) in [7, 11) is 0. The van der Waals surface area contributed by atoms with Crippen molar-refractivity contribution in [3.63, 3.8) is 0 Å². The standard InChI is InChI=1S/C14H14Cl2N4O2/c1-3-4-11(21)22-14(2,12-17-7-5-9(15)19-12)13-18-8-6-10(16)20-13/h5-8H,3-4H2,1-2H3. The highest BCUT2D eigenvalue weighted by Gasteiger charge is 2.39. The van der Waals surface area contributed by atoms with E-state index in [1.807, 2.05) is 6.92 Å². The minimum Gasteiger partial charge on any atom is -0.443 e. The molecule has 0 spiro atoms. The second-order valence-electron chi connectivity index (χ2n) is 4.66. The molecule has 0 saturated carbocycles. The molecule has 8 heteroatoms. The molecule has 0 fully saturated rings. The van der Waals surface area contributed by atoms with E-state index in [1.54, 1.807) is 6.92 Å². The van der Waals surface area contributed by atoms with Crippen molar-refractivity contribution in [3.05, 3.63) is 46.5 Å². The first-order chi connectivity index (χ1) is 10.5. The smallest absolute Gasteiger partial charge is 0.307 e. The van der Waals surface area contributed by atoms with Crippen molar-refractivity contribution >= 4 is 29.2 Å². The van der Waals surface area contributed by atoms with Gasteiger partial charge in [0.05, 0.1) is 0 Å². The lowest BCUT2D eigenvalue weighted by molar-refractivity contribution is -0.156. The number of carbonyl (C=O) groups excluding carboxylic acids is 1. The number of esters is 1. The Morgan fingerprint density at radius 1 is 1.14 bits per heavy atom. The van der Waals surface area contributed by atoms with Crippen LogP contribution < -0.4 is 0 Å². The second kappa shape index (κ2) is 6.98. The van der Waals surface area contributed by atoms with Crippen molar-refractivity contribution in [3.8, 4) is 0 Å². The number of halogens is 2. The summed E-state index contributed by atoms with van der Waals surface area (Å²) in [6, 6.07) is 3.05. The number of aromatic nitrogens is 4.